The minimum atomic E-state index is -0.826. The first-order valence-corrected chi connectivity index (χ1v) is 13.2. The van der Waals surface area contributed by atoms with Crippen molar-refractivity contribution < 1.29 is 19.2 Å². The molecule has 3 rings (SSSR count). The van der Waals surface area contributed by atoms with Gasteiger partial charge >= 0.3 is 0 Å². The van der Waals surface area contributed by atoms with E-state index < -0.39 is 23.9 Å². The second-order valence-corrected chi connectivity index (χ2v) is 9.74. The number of halogens is 1. The monoisotopic (exact) mass is 545 g/mol. The first-order valence-electron chi connectivity index (χ1n) is 12.8. The van der Waals surface area contributed by atoms with Gasteiger partial charge in [-0.15, -0.1) is 0 Å². The number of carbonyl (C=O) groups excluding carboxylic acids is 4. The number of nitrogens with zero attached hydrogens (tertiary/aromatic N) is 4. The molecule has 1 aliphatic rings. The van der Waals surface area contributed by atoms with E-state index in [-0.39, 0.29) is 29.7 Å². The number of benzene rings is 1. The van der Waals surface area contributed by atoms with Crippen molar-refractivity contribution in [2.24, 2.45) is 0 Å². The van der Waals surface area contributed by atoms with Gasteiger partial charge in [-0.25, -0.2) is 0 Å². The van der Waals surface area contributed by atoms with Crippen molar-refractivity contribution >= 4 is 40.9 Å². The summed E-state index contributed by atoms with van der Waals surface area (Å²) in [5.74, 6) is -1.17. The van der Waals surface area contributed by atoms with Crippen LogP contribution in [0.1, 0.15) is 43.2 Å². The molecule has 0 saturated carbocycles. The predicted molar refractivity (Wildman–Crippen MR) is 145 cm³/mol. The minimum Gasteiger partial charge on any atom is -0.344 e. The van der Waals surface area contributed by atoms with E-state index in [0.717, 1.165) is 18.7 Å². The molecule has 0 radical (unpaired) electrons. The molecule has 0 bridgehead atoms. The average Bonchev–Trinajstić information content (AvgIpc) is 3.39. The molecule has 1 saturated heterocycles. The number of amides is 4. The van der Waals surface area contributed by atoms with Crippen LogP contribution < -0.4 is 16.0 Å². The zero-order valence-electron chi connectivity index (χ0n) is 22.3. The Morgan fingerprint density at radius 3 is 2.39 bits per heavy atom. The van der Waals surface area contributed by atoms with Gasteiger partial charge in [0.25, 0.3) is 5.91 Å². The van der Waals surface area contributed by atoms with Gasteiger partial charge in [0.05, 0.1) is 10.7 Å². The van der Waals surface area contributed by atoms with E-state index in [4.69, 9.17) is 11.6 Å². The summed E-state index contributed by atoms with van der Waals surface area (Å²) < 4.78 is 1.54. The Morgan fingerprint density at radius 1 is 1.05 bits per heavy atom. The lowest BCUT2D eigenvalue weighted by Gasteiger charge is -2.34. The third-order valence-electron chi connectivity index (χ3n) is 6.49. The summed E-state index contributed by atoms with van der Waals surface area (Å²) in [6.45, 7) is 8.49. The Hall–Kier alpha value is -3.44. The molecule has 0 aliphatic carbocycles. The van der Waals surface area contributed by atoms with Crippen LogP contribution in [-0.2, 0) is 27.3 Å². The van der Waals surface area contributed by atoms with Gasteiger partial charge in [-0.2, -0.15) is 5.10 Å². The maximum atomic E-state index is 13.2. The SMILES string of the molecule is CCC(=O)N[C@H](Cc1ccc(NC(=O)[C@H](C)NC(=O)c2ccnn2CC)c(Cl)c1)C(=O)N1CCN(C)CC1. The van der Waals surface area contributed by atoms with E-state index in [1.165, 1.54) is 6.20 Å². The Bertz CT molecular complexity index is 1160. The molecule has 2 heterocycles. The standard InChI is InChI=1S/C26H36ClN7O4/c1-5-23(35)30-21(26(38)33-13-11-32(4)12-14-33)16-18-7-8-20(19(27)15-18)31-24(36)17(3)29-25(37)22-9-10-28-34(22)6-2/h7-10,15,17,21H,5-6,11-14,16H2,1-4H3,(H,29,37)(H,30,35)(H,31,36)/t17-,21+/m0/s1. The molecule has 0 unspecified atom stereocenters. The summed E-state index contributed by atoms with van der Waals surface area (Å²) in [7, 11) is 2.01. The van der Waals surface area contributed by atoms with Gasteiger partial charge in [0.15, 0.2) is 0 Å². The Labute approximate surface area is 227 Å². The van der Waals surface area contributed by atoms with Crippen LogP contribution in [0.5, 0.6) is 0 Å². The van der Waals surface area contributed by atoms with Gasteiger partial charge < -0.3 is 25.8 Å². The number of aromatic nitrogens is 2. The van der Waals surface area contributed by atoms with Crippen molar-refractivity contribution in [3.05, 3.63) is 46.7 Å². The molecule has 2 aromatic rings. The molecule has 1 fully saturated rings. The number of nitrogens with one attached hydrogen (secondary N) is 3. The molecule has 38 heavy (non-hydrogen) atoms. The van der Waals surface area contributed by atoms with Gasteiger partial charge in [-0.1, -0.05) is 24.6 Å². The average molecular weight is 546 g/mol. The summed E-state index contributed by atoms with van der Waals surface area (Å²) in [5.41, 5.74) is 1.48. The van der Waals surface area contributed by atoms with E-state index in [0.29, 0.717) is 31.0 Å². The summed E-state index contributed by atoms with van der Waals surface area (Å²) >= 11 is 6.46. The van der Waals surface area contributed by atoms with E-state index in [9.17, 15) is 19.2 Å². The summed E-state index contributed by atoms with van der Waals surface area (Å²) in [6, 6.07) is 5.12. The predicted octanol–water partition coefficient (Wildman–Crippen LogP) is 1.52. The minimum absolute atomic E-state index is 0.123. The molecule has 11 nitrogen and oxygen atoms in total. The van der Waals surface area contributed by atoms with Crippen LogP contribution in [0.2, 0.25) is 5.02 Å². The van der Waals surface area contributed by atoms with Crippen LogP contribution in [-0.4, -0.2) is 88.5 Å². The highest BCUT2D eigenvalue weighted by Crippen LogP contribution is 2.24. The number of carbonyl (C=O) groups is 4. The van der Waals surface area contributed by atoms with Crippen molar-refractivity contribution in [1.82, 2.24) is 30.2 Å². The fourth-order valence-corrected chi connectivity index (χ4v) is 4.37. The molecule has 4 amide bonds. The van der Waals surface area contributed by atoms with Crippen LogP contribution in [0, 0.1) is 0 Å². The zero-order chi connectivity index (χ0) is 27.8. The second kappa shape index (κ2) is 13.4. The lowest BCUT2D eigenvalue weighted by atomic mass is 10.0. The molecule has 2 atom stereocenters. The molecule has 0 spiro atoms. The van der Waals surface area contributed by atoms with Crippen molar-refractivity contribution in [3.63, 3.8) is 0 Å². The van der Waals surface area contributed by atoms with Crippen molar-refractivity contribution in [3.8, 4) is 0 Å². The van der Waals surface area contributed by atoms with Crippen LogP contribution in [0.15, 0.2) is 30.5 Å². The Morgan fingerprint density at radius 2 is 1.76 bits per heavy atom. The number of rotatable bonds is 10. The van der Waals surface area contributed by atoms with E-state index in [2.05, 4.69) is 25.9 Å². The van der Waals surface area contributed by atoms with Gasteiger partial charge in [-0.3, -0.25) is 23.9 Å². The maximum Gasteiger partial charge on any atom is 0.270 e. The molecule has 1 aromatic carbocycles. The Balaban J connectivity index is 1.64. The maximum absolute atomic E-state index is 13.2. The van der Waals surface area contributed by atoms with Crippen LogP contribution in [0.3, 0.4) is 0 Å². The fourth-order valence-electron chi connectivity index (χ4n) is 4.12. The number of piperazine rings is 1. The Kier molecular flexibility index (Phi) is 10.3. The normalized spacial score (nSPS) is 15.4. The van der Waals surface area contributed by atoms with Crippen LogP contribution >= 0.6 is 11.6 Å². The highest BCUT2D eigenvalue weighted by molar-refractivity contribution is 6.33. The largest absolute Gasteiger partial charge is 0.344 e. The van der Waals surface area contributed by atoms with E-state index in [1.54, 1.807) is 47.7 Å². The third-order valence-corrected chi connectivity index (χ3v) is 6.80. The molecule has 1 aliphatic heterocycles. The lowest BCUT2D eigenvalue weighted by molar-refractivity contribution is -0.137. The van der Waals surface area contributed by atoms with Gasteiger partial charge in [0.2, 0.25) is 17.7 Å². The molecular weight excluding hydrogens is 510 g/mol. The number of likely N-dealkylation sites (N-methyl/N-ethyl adjacent to an activating group) is 1. The smallest absolute Gasteiger partial charge is 0.270 e. The van der Waals surface area contributed by atoms with Gasteiger partial charge in [-0.05, 0) is 44.7 Å². The number of aryl methyl sites for hydroxylation is 1. The quantitative estimate of drug-likeness (QED) is 0.415. The lowest BCUT2D eigenvalue weighted by Crippen LogP contribution is -2.54. The van der Waals surface area contributed by atoms with Crippen LogP contribution in [0.4, 0.5) is 5.69 Å². The highest BCUT2D eigenvalue weighted by atomic mass is 35.5. The zero-order valence-corrected chi connectivity index (χ0v) is 23.0. The molecular formula is C26H36ClN7O4. The second-order valence-electron chi connectivity index (χ2n) is 9.34. The highest BCUT2D eigenvalue weighted by Gasteiger charge is 2.28. The number of hydrogen-bond donors (Lipinski definition) is 3. The van der Waals surface area contributed by atoms with E-state index in [1.807, 2.05) is 14.0 Å². The van der Waals surface area contributed by atoms with Gasteiger partial charge in [0, 0.05) is 51.8 Å². The topological polar surface area (TPSA) is 129 Å². The molecule has 12 heteroatoms. The third kappa shape index (κ3) is 7.55. The first-order chi connectivity index (χ1) is 18.1. The van der Waals surface area contributed by atoms with Crippen molar-refractivity contribution in [2.45, 2.75) is 52.2 Å². The molecule has 3 N–H and O–H groups in total. The summed E-state index contributed by atoms with van der Waals surface area (Å²) in [4.78, 5) is 54.5. The van der Waals surface area contributed by atoms with E-state index >= 15 is 0 Å². The van der Waals surface area contributed by atoms with Crippen molar-refractivity contribution in [2.75, 3.05) is 38.5 Å². The van der Waals surface area contributed by atoms with Crippen LogP contribution in [0.25, 0.3) is 0 Å². The van der Waals surface area contributed by atoms with Crippen molar-refractivity contribution in [1.29, 1.82) is 0 Å². The van der Waals surface area contributed by atoms with Gasteiger partial charge in [0.1, 0.15) is 17.8 Å². The first kappa shape index (κ1) is 29.1. The number of hydrogen-bond acceptors (Lipinski definition) is 6. The fraction of sp³-hybridized carbons (Fsp3) is 0.500. The summed E-state index contributed by atoms with van der Waals surface area (Å²) in [6.07, 6.45) is 2.07. The summed E-state index contributed by atoms with van der Waals surface area (Å²) in [5, 5.41) is 12.6. The molecule has 1 aromatic heterocycles. The number of anilines is 1. The molecule has 206 valence electrons.